The molecule has 0 radical (unpaired) electrons. The molecule has 4 nitrogen and oxygen atoms in total. The SMILES string of the molecule is CSCC(=O)c1cc(F)cc([N+](=O)[O-])c1. The number of Topliss-reactive ketones (excluding diaryl/α,β-unsaturated/α-hetero) is 1. The smallest absolute Gasteiger partial charge is 0.273 e. The first kappa shape index (κ1) is 11.6. The molecule has 0 aliphatic carbocycles. The molecule has 1 aromatic carbocycles. The fourth-order valence-electron chi connectivity index (χ4n) is 1.05. The van der Waals surface area contributed by atoms with Crippen LogP contribution in [-0.4, -0.2) is 22.7 Å². The lowest BCUT2D eigenvalue weighted by molar-refractivity contribution is -0.385. The molecule has 0 atom stereocenters. The van der Waals surface area contributed by atoms with E-state index in [1.807, 2.05) is 0 Å². The van der Waals surface area contributed by atoms with Gasteiger partial charge in [-0.05, 0) is 12.3 Å². The number of halogens is 1. The summed E-state index contributed by atoms with van der Waals surface area (Å²) in [6, 6.07) is 2.88. The molecule has 0 spiro atoms. The number of nitrogens with zero attached hydrogens (tertiary/aromatic N) is 1. The Morgan fingerprint density at radius 1 is 1.53 bits per heavy atom. The molecule has 80 valence electrons. The van der Waals surface area contributed by atoms with E-state index in [9.17, 15) is 19.3 Å². The zero-order valence-electron chi connectivity index (χ0n) is 7.90. The van der Waals surface area contributed by atoms with Crippen molar-refractivity contribution in [3.63, 3.8) is 0 Å². The van der Waals surface area contributed by atoms with Crippen LogP contribution in [0.2, 0.25) is 0 Å². The van der Waals surface area contributed by atoms with Crippen LogP contribution >= 0.6 is 11.8 Å². The minimum atomic E-state index is -0.770. The minimum absolute atomic E-state index is 0.0380. The van der Waals surface area contributed by atoms with E-state index in [2.05, 4.69) is 0 Å². The first-order chi connectivity index (χ1) is 7.04. The maximum Gasteiger partial charge on any atom is 0.273 e. The normalized spacial score (nSPS) is 10.0. The number of carbonyl (C=O) groups excluding carboxylic acids is 1. The van der Waals surface area contributed by atoms with Gasteiger partial charge in [-0.25, -0.2) is 4.39 Å². The highest BCUT2D eigenvalue weighted by Crippen LogP contribution is 2.17. The molecule has 0 aliphatic heterocycles. The second-order valence-corrected chi connectivity index (χ2v) is 3.68. The molecule has 15 heavy (non-hydrogen) atoms. The quantitative estimate of drug-likeness (QED) is 0.451. The molecule has 0 fully saturated rings. The van der Waals surface area contributed by atoms with Gasteiger partial charge in [0.1, 0.15) is 5.82 Å². The minimum Gasteiger partial charge on any atom is -0.293 e. The number of nitro benzene ring substituents is 1. The van der Waals surface area contributed by atoms with Crippen LogP contribution < -0.4 is 0 Å². The molecule has 1 rings (SSSR count). The van der Waals surface area contributed by atoms with Crippen molar-refractivity contribution in [3.05, 3.63) is 39.7 Å². The van der Waals surface area contributed by atoms with Crippen LogP contribution in [0, 0.1) is 15.9 Å². The van der Waals surface area contributed by atoms with Gasteiger partial charge in [0.25, 0.3) is 5.69 Å². The Labute approximate surface area is 89.6 Å². The lowest BCUT2D eigenvalue weighted by atomic mass is 10.1. The molecule has 0 N–H and O–H groups in total. The molecule has 1 aromatic rings. The van der Waals surface area contributed by atoms with Gasteiger partial charge < -0.3 is 0 Å². The number of hydrogen-bond acceptors (Lipinski definition) is 4. The second kappa shape index (κ2) is 4.88. The van der Waals surface area contributed by atoms with E-state index in [1.54, 1.807) is 6.26 Å². The molecule has 0 saturated heterocycles. The highest BCUT2D eigenvalue weighted by molar-refractivity contribution is 7.99. The van der Waals surface area contributed by atoms with Crippen molar-refractivity contribution < 1.29 is 14.1 Å². The largest absolute Gasteiger partial charge is 0.293 e. The number of thioether (sulfide) groups is 1. The summed E-state index contributed by atoms with van der Waals surface area (Å²) >= 11 is 1.28. The third kappa shape index (κ3) is 3.02. The van der Waals surface area contributed by atoms with E-state index in [-0.39, 0.29) is 17.1 Å². The Morgan fingerprint density at radius 2 is 2.20 bits per heavy atom. The van der Waals surface area contributed by atoms with Gasteiger partial charge in [0.2, 0.25) is 0 Å². The van der Waals surface area contributed by atoms with Crippen molar-refractivity contribution >= 4 is 23.2 Å². The highest BCUT2D eigenvalue weighted by atomic mass is 32.2. The molecular formula is C9H8FNO3S. The summed E-state index contributed by atoms with van der Waals surface area (Å²) in [7, 11) is 0. The van der Waals surface area contributed by atoms with Crippen LogP contribution in [0.3, 0.4) is 0 Å². The Morgan fingerprint density at radius 3 is 2.73 bits per heavy atom. The molecule has 0 aromatic heterocycles. The maximum atomic E-state index is 12.9. The van der Waals surface area contributed by atoms with E-state index in [0.29, 0.717) is 0 Å². The van der Waals surface area contributed by atoms with Gasteiger partial charge >= 0.3 is 0 Å². The molecular weight excluding hydrogens is 221 g/mol. The summed E-state index contributed by atoms with van der Waals surface area (Å²) < 4.78 is 12.9. The predicted octanol–water partition coefficient (Wildman–Crippen LogP) is 2.28. The average Bonchev–Trinajstić information content (AvgIpc) is 2.17. The average molecular weight is 229 g/mol. The van der Waals surface area contributed by atoms with Crippen LogP contribution in [-0.2, 0) is 0 Å². The first-order valence-corrected chi connectivity index (χ1v) is 5.41. The summed E-state index contributed by atoms with van der Waals surface area (Å²) in [4.78, 5) is 21.0. The van der Waals surface area contributed by atoms with Crippen molar-refractivity contribution in [1.29, 1.82) is 0 Å². The molecule has 0 heterocycles. The number of benzene rings is 1. The Hall–Kier alpha value is -1.43. The number of nitro groups is 1. The van der Waals surface area contributed by atoms with Crippen LogP contribution in [0.1, 0.15) is 10.4 Å². The van der Waals surface area contributed by atoms with E-state index in [1.165, 1.54) is 11.8 Å². The summed E-state index contributed by atoms with van der Waals surface area (Å²) in [6.45, 7) is 0. The van der Waals surface area contributed by atoms with Crippen molar-refractivity contribution in [2.75, 3.05) is 12.0 Å². The van der Waals surface area contributed by atoms with Gasteiger partial charge in [-0.2, -0.15) is 11.8 Å². The van der Waals surface area contributed by atoms with Crippen LogP contribution in [0.4, 0.5) is 10.1 Å². The zero-order valence-corrected chi connectivity index (χ0v) is 8.71. The van der Waals surface area contributed by atoms with Gasteiger partial charge in [0.15, 0.2) is 5.78 Å². The first-order valence-electron chi connectivity index (χ1n) is 4.01. The Bertz CT molecular complexity index is 408. The standard InChI is InChI=1S/C9H8FNO3S/c1-15-5-9(12)6-2-7(10)4-8(3-6)11(13)14/h2-4H,5H2,1H3. The van der Waals surface area contributed by atoms with Crippen LogP contribution in [0.25, 0.3) is 0 Å². The molecule has 0 saturated carbocycles. The molecule has 0 amide bonds. The fourth-order valence-corrected chi connectivity index (χ4v) is 1.48. The van der Waals surface area contributed by atoms with Gasteiger partial charge in [-0.15, -0.1) is 0 Å². The van der Waals surface area contributed by atoms with Gasteiger partial charge in [-0.3, -0.25) is 14.9 Å². The van der Waals surface area contributed by atoms with Crippen molar-refractivity contribution in [1.82, 2.24) is 0 Å². The third-order valence-corrected chi connectivity index (χ3v) is 2.24. The van der Waals surface area contributed by atoms with Crippen LogP contribution in [0.5, 0.6) is 0 Å². The number of rotatable bonds is 4. The van der Waals surface area contributed by atoms with Crippen LogP contribution in [0.15, 0.2) is 18.2 Å². The molecule has 6 heteroatoms. The number of non-ortho nitro benzene ring substituents is 1. The highest BCUT2D eigenvalue weighted by Gasteiger charge is 2.13. The Kier molecular flexibility index (Phi) is 3.79. The number of hydrogen-bond donors (Lipinski definition) is 0. The maximum absolute atomic E-state index is 12.9. The van der Waals surface area contributed by atoms with Crippen molar-refractivity contribution in [2.24, 2.45) is 0 Å². The fraction of sp³-hybridized carbons (Fsp3) is 0.222. The zero-order chi connectivity index (χ0) is 11.4. The summed E-state index contributed by atoms with van der Waals surface area (Å²) in [5.41, 5.74) is -0.365. The van der Waals surface area contributed by atoms with E-state index in [4.69, 9.17) is 0 Å². The molecule has 0 bridgehead atoms. The topological polar surface area (TPSA) is 60.2 Å². The monoisotopic (exact) mass is 229 g/mol. The van der Waals surface area contributed by atoms with Gasteiger partial charge in [-0.1, -0.05) is 0 Å². The van der Waals surface area contributed by atoms with Gasteiger partial charge in [0, 0.05) is 11.6 Å². The summed E-state index contributed by atoms with van der Waals surface area (Å²) in [5.74, 6) is -0.903. The second-order valence-electron chi connectivity index (χ2n) is 2.81. The molecule has 0 aliphatic rings. The predicted molar refractivity (Wildman–Crippen MR) is 55.8 cm³/mol. The number of ketones is 1. The van der Waals surface area contributed by atoms with E-state index < -0.39 is 16.4 Å². The summed E-state index contributed by atoms with van der Waals surface area (Å²) in [6.07, 6.45) is 1.73. The molecule has 0 unspecified atom stereocenters. The lowest BCUT2D eigenvalue weighted by Crippen LogP contribution is -2.03. The van der Waals surface area contributed by atoms with Crippen molar-refractivity contribution in [3.8, 4) is 0 Å². The van der Waals surface area contributed by atoms with E-state index >= 15 is 0 Å². The van der Waals surface area contributed by atoms with Gasteiger partial charge in [0.05, 0.1) is 16.7 Å². The Balaban J connectivity index is 3.09. The third-order valence-electron chi connectivity index (χ3n) is 1.69. The number of carbonyl (C=O) groups is 1. The lowest BCUT2D eigenvalue weighted by Gasteiger charge is -1.99. The summed E-state index contributed by atoms with van der Waals surface area (Å²) in [5, 5.41) is 10.4. The van der Waals surface area contributed by atoms with E-state index in [0.717, 1.165) is 18.2 Å². The van der Waals surface area contributed by atoms with Crippen molar-refractivity contribution in [2.45, 2.75) is 0 Å².